The van der Waals surface area contributed by atoms with Crippen molar-refractivity contribution in [3.8, 4) is 0 Å². The summed E-state index contributed by atoms with van der Waals surface area (Å²) in [4.78, 5) is 10.9. The van der Waals surface area contributed by atoms with Gasteiger partial charge in [0.05, 0.1) is 0 Å². The van der Waals surface area contributed by atoms with Gasteiger partial charge in [-0.2, -0.15) is 0 Å². The van der Waals surface area contributed by atoms with Gasteiger partial charge >= 0.3 is 0 Å². The molecular formula is C13H18O. The van der Waals surface area contributed by atoms with Gasteiger partial charge in [-0.25, -0.2) is 0 Å². The van der Waals surface area contributed by atoms with Gasteiger partial charge in [0.2, 0.25) is 0 Å². The molecule has 0 saturated carbocycles. The molecule has 0 aromatic heterocycles. The highest BCUT2D eigenvalue weighted by Crippen LogP contribution is 2.37. The summed E-state index contributed by atoms with van der Waals surface area (Å²) in [6.45, 7) is 8.09. The maximum atomic E-state index is 10.9. The molecule has 0 radical (unpaired) electrons. The largest absolute Gasteiger partial charge is 0.295 e. The minimum absolute atomic E-state index is 0.107. The minimum Gasteiger partial charge on any atom is -0.295 e. The van der Waals surface area contributed by atoms with Gasteiger partial charge in [0, 0.05) is 0 Å². The molecule has 0 saturated heterocycles. The SMILES string of the molecule is CC(=O)C=CC1=C(C)C=CCC1(C)C. The molecule has 0 atom stereocenters. The Balaban J connectivity index is 3.02. The fraction of sp³-hybridized carbons (Fsp3) is 0.462. The zero-order chi connectivity index (χ0) is 10.8. The molecule has 1 nitrogen and oxygen atoms in total. The number of rotatable bonds is 2. The van der Waals surface area contributed by atoms with E-state index < -0.39 is 0 Å². The van der Waals surface area contributed by atoms with Crippen LogP contribution in [0.4, 0.5) is 0 Å². The average molecular weight is 190 g/mol. The highest BCUT2D eigenvalue weighted by Gasteiger charge is 2.23. The van der Waals surface area contributed by atoms with Gasteiger partial charge in [0.15, 0.2) is 5.78 Å². The Hall–Kier alpha value is -1.11. The van der Waals surface area contributed by atoms with Crippen molar-refractivity contribution in [1.82, 2.24) is 0 Å². The lowest BCUT2D eigenvalue weighted by molar-refractivity contribution is -0.112. The van der Waals surface area contributed by atoms with E-state index in [2.05, 4.69) is 32.9 Å². The van der Waals surface area contributed by atoms with Crippen molar-refractivity contribution < 1.29 is 4.79 Å². The van der Waals surface area contributed by atoms with Crippen molar-refractivity contribution in [2.45, 2.75) is 34.1 Å². The molecule has 0 amide bonds. The van der Waals surface area contributed by atoms with Crippen LogP contribution in [0.15, 0.2) is 35.5 Å². The number of allylic oxidation sites excluding steroid dienone is 6. The van der Waals surface area contributed by atoms with Crippen LogP contribution in [0.25, 0.3) is 0 Å². The molecule has 1 aliphatic carbocycles. The van der Waals surface area contributed by atoms with Crippen molar-refractivity contribution in [3.05, 3.63) is 35.5 Å². The van der Waals surface area contributed by atoms with Crippen LogP contribution < -0.4 is 0 Å². The van der Waals surface area contributed by atoms with E-state index >= 15 is 0 Å². The first-order chi connectivity index (χ1) is 6.43. The summed E-state index contributed by atoms with van der Waals surface area (Å²) in [6, 6.07) is 0. The summed E-state index contributed by atoms with van der Waals surface area (Å²) in [6.07, 6.45) is 8.98. The lowest BCUT2D eigenvalue weighted by Gasteiger charge is -2.29. The lowest BCUT2D eigenvalue weighted by atomic mass is 9.75. The zero-order valence-electron chi connectivity index (χ0n) is 9.42. The minimum atomic E-state index is 0.107. The number of carbonyl (C=O) groups excluding carboxylic acids is 1. The molecule has 0 bridgehead atoms. The van der Waals surface area contributed by atoms with Crippen molar-refractivity contribution in [1.29, 1.82) is 0 Å². The summed E-state index contributed by atoms with van der Waals surface area (Å²) < 4.78 is 0. The first-order valence-electron chi connectivity index (χ1n) is 5.00. The Morgan fingerprint density at radius 3 is 2.64 bits per heavy atom. The number of ketones is 1. The second-order valence-electron chi connectivity index (χ2n) is 4.53. The smallest absolute Gasteiger partial charge is 0.152 e. The zero-order valence-corrected chi connectivity index (χ0v) is 9.42. The predicted molar refractivity (Wildman–Crippen MR) is 60.1 cm³/mol. The Kier molecular flexibility index (Phi) is 3.10. The third-order valence-corrected chi connectivity index (χ3v) is 2.63. The number of hydrogen-bond acceptors (Lipinski definition) is 1. The standard InChI is InChI=1S/C13H18O/c1-10-6-5-9-13(3,4)12(10)8-7-11(2)14/h5-8H,9H2,1-4H3. The van der Waals surface area contributed by atoms with Gasteiger partial charge in [-0.05, 0) is 42.9 Å². The van der Waals surface area contributed by atoms with Gasteiger partial charge < -0.3 is 0 Å². The van der Waals surface area contributed by atoms with Gasteiger partial charge in [0.25, 0.3) is 0 Å². The first-order valence-corrected chi connectivity index (χ1v) is 5.00. The average Bonchev–Trinajstić information content (AvgIpc) is 2.01. The van der Waals surface area contributed by atoms with Gasteiger partial charge in [-0.1, -0.05) is 32.1 Å². The van der Waals surface area contributed by atoms with E-state index in [0.717, 1.165) is 6.42 Å². The number of hydrogen-bond donors (Lipinski definition) is 0. The molecule has 0 unspecified atom stereocenters. The topological polar surface area (TPSA) is 17.1 Å². The van der Waals surface area contributed by atoms with Crippen molar-refractivity contribution >= 4 is 5.78 Å². The highest BCUT2D eigenvalue weighted by atomic mass is 16.1. The third-order valence-electron chi connectivity index (χ3n) is 2.63. The van der Waals surface area contributed by atoms with Crippen LogP contribution in [0.2, 0.25) is 0 Å². The molecule has 0 N–H and O–H groups in total. The van der Waals surface area contributed by atoms with Crippen LogP contribution in [0.5, 0.6) is 0 Å². The Bertz CT molecular complexity index is 327. The Labute approximate surface area is 86.2 Å². The second-order valence-corrected chi connectivity index (χ2v) is 4.53. The van der Waals surface area contributed by atoms with Crippen LogP contribution in [0.1, 0.15) is 34.1 Å². The van der Waals surface area contributed by atoms with Crippen molar-refractivity contribution in [2.24, 2.45) is 5.41 Å². The Morgan fingerprint density at radius 2 is 2.14 bits per heavy atom. The fourth-order valence-corrected chi connectivity index (χ4v) is 1.82. The normalized spacial score (nSPS) is 20.6. The van der Waals surface area contributed by atoms with Crippen LogP contribution in [0, 0.1) is 5.41 Å². The molecule has 0 aromatic carbocycles. The van der Waals surface area contributed by atoms with E-state index in [4.69, 9.17) is 0 Å². The van der Waals surface area contributed by atoms with Crippen molar-refractivity contribution in [3.63, 3.8) is 0 Å². The van der Waals surface area contributed by atoms with Gasteiger partial charge in [0.1, 0.15) is 0 Å². The first kappa shape index (κ1) is 11.0. The van der Waals surface area contributed by atoms with Gasteiger partial charge in [-0.3, -0.25) is 4.79 Å². The predicted octanol–water partition coefficient (Wildman–Crippen LogP) is 3.43. The molecule has 0 aliphatic heterocycles. The monoisotopic (exact) mass is 190 g/mol. The third kappa shape index (κ3) is 2.44. The summed E-state index contributed by atoms with van der Waals surface area (Å²) in [5.74, 6) is 0.107. The van der Waals surface area contributed by atoms with E-state index in [1.807, 2.05) is 6.08 Å². The summed E-state index contributed by atoms with van der Waals surface area (Å²) in [5, 5.41) is 0. The van der Waals surface area contributed by atoms with Crippen LogP contribution >= 0.6 is 0 Å². The van der Waals surface area contributed by atoms with Crippen LogP contribution in [-0.2, 0) is 4.79 Å². The quantitative estimate of drug-likeness (QED) is 0.610. The molecule has 0 spiro atoms. The van der Waals surface area contributed by atoms with E-state index in [1.165, 1.54) is 11.1 Å². The molecule has 0 aromatic rings. The highest BCUT2D eigenvalue weighted by molar-refractivity contribution is 5.87. The lowest BCUT2D eigenvalue weighted by Crippen LogP contribution is -2.16. The number of carbonyl (C=O) groups is 1. The van der Waals surface area contributed by atoms with E-state index in [9.17, 15) is 4.79 Å². The molecule has 14 heavy (non-hydrogen) atoms. The summed E-state index contributed by atoms with van der Waals surface area (Å²) in [5.41, 5.74) is 2.69. The molecule has 0 fully saturated rings. The maximum Gasteiger partial charge on any atom is 0.152 e. The molecular weight excluding hydrogens is 172 g/mol. The summed E-state index contributed by atoms with van der Waals surface area (Å²) >= 11 is 0. The second kappa shape index (κ2) is 3.95. The fourth-order valence-electron chi connectivity index (χ4n) is 1.82. The van der Waals surface area contributed by atoms with E-state index in [1.54, 1.807) is 13.0 Å². The van der Waals surface area contributed by atoms with Crippen LogP contribution in [-0.4, -0.2) is 5.78 Å². The molecule has 76 valence electrons. The summed E-state index contributed by atoms with van der Waals surface area (Å²) in [7, 11) is 0. The molecule has 1 rings (SSSR count). The maximum absolute atomic E-state index is 10.9. The molecule has 0 heterocycles. The van der Waals surface area contributed by atoms with Gasteiger partial charge in [-0.15, -0.1) is 0 Å². The molecule has 1 heteroatoms. The van der Waals surface area contributed by atoms with Crippen molar-refractivity contribution in [2.75, 3.05) is 0 Å². The van der Waals surface area contributed by atoms with Crippen LogP contribution in [0.3, 0.4) is 0 Å². The van der Waals surface area contributed by atoms with E-state index in [0.29, 0.717) is 0 Å². The molecule has 1 aliphatic rings. The van der Waals surface area contributed by atoms with E-state index in [-0.39, 0.29) is 11.2 Å². The Morgan fingerprint density at radius 1 is 1.50 bits per heavy atom.